The standard InChI is InChI=1S/C31H41N6O9PSi/c1-20-25(46-48(6,7)31(2,3)4)29(45-30(20)43-19-47(40,41)44-16-22-15-23(42-5)13-14-37(22)39)36-18-34-24-26(32-17-33-27(24)36)35-28(38)21-11-9-8-10-12-21/h8-15,17-18,20,25,29-30H,16,19H2,1-7H3,(H,40,41)(H,32,33,35,38)/t20?,25-,29+,30-/m0/s1. The highest BCUT2D eigenvalue weighted by molar-refractivity contribution is 7.52. The number of hydrogen-bond acceptors (Lipinski definition) is 11. The number of methoxy groups -OCH3 is 1. The second-order valence-corrected chi connectivity index (χ2v) is 19.6. The van der Waals surface area contributed by atoms with E-state index in [9.17, 15) is 19.5 Å². The Morgan fingerprint density at radius 1 is 1.19 bits per heavy atom. The van der Waals surface area contributed by atoms with Gasteiger partial charge < -0.3 is 34.1 Å². The SMILES string of the molecule is COc1cc[n+]([O-])c(COP(=O)(O)CO[C@H]2O[C@@H](n3cnc4c(NC(=O)c5ccccc5)ncnc43)[C@@H](O[Si](C)(C)C(C)(C)C)C2C)c1. The zero-order valence-corrected chi connectivity index (χ0v) is 29.8. The molecule has 5 rings (SSSR count). The smallest absolute Gasteiger partial charge is 0.354 e. The Morgan fingerprint density at radius 3 is 2.60 bits per heavy atom. The molecule has 2 unspecified atom stereocenters. The van der Waals surface area contributed by atoms with Gasteiger partial charge in [-0.3, -0.25) is 18.5 Å². The number of nitrogens with one attached hydrogen (secondary N) is 1. The van der Waals surface area contributed by atoms with E-state index in [4.69, 9.17) is 23.2 Å². The van der Waals surface area contributed by atoms with Crippen LogP contribution in [0.2, 0.25) is 18.1 Å². The first kappa shape index (κ1) is 35.5. The summed E-state index contributed by atoms with van der Waals surface area (Å²) in [5.74, 6) is -0.139. The van der Waals surface area contributed by atoms with Crippen molar-refractivity contribution in [1.82, 2.24) is 19.5 Å². The minimum absolute atomic E-state index is 0.0883. The monoisotopic (exact) mass is 700 g/mol. The van der Waals surface area contributed by atoms with Crippen LogP contribution < -0.4 is 14.8 Å². The minimum Gasteiger partial charge on any atom is -0.618 e. The fourth-order valence-electron chi connectivity index (χ4n) is 4.87. The van der Waals surface area contributed by atoms with Crippen LogP contribution in [0.5, 0.6) is 5.75 Å². The van der Waals surface area contributed by atoms with Crippen molar-refractivity contribution < 1.29 is 42.1 Å². The van der Waals surface area contributed by atoms with Crippen LogP contribution in [0.25, 0.3) is 11.2 Å². The molecule has 0 spiro atoms. The van der Waals surface area contributed by atoms with E-state index in [-0.39, 0.29) is 22.5 Å². The van der Waals surface area contributed by atoms with Gasteiger partial charge in [-0.2, -0.15) is 4.73 Å². The highest BCUT2D eigenvalue weighted by atomic mass is 31.2. The Morgan fingerprint density at radius 2 is 1.92 bits per heavy atom. The van der Waals surface area contributed by atoms with Crippen molar-refractivity contribution >= 4 is 38.8 Å². The maximum absolute atomic E-state index is 13.0. The van der Waals surface area contributed by atoms with Crippen LogP contribution >= 0.6 is 7.60 Å². The molecule has 4 aromatic rings. The lowest BCUT2D eigenvalue weighted by Crippen LogP contribution is -2.46. The van der Waals surface area contributed by atoms with Crippen molar-refractivity contribution in [3.05, 3.63) is 77.8 Å². The van der Waals surface area contributed by atoms with Gasteiger partial charge in [-0.1, -0.05) is 45.9 Å². The minimum atomic E-state index is -4.34. The van der Waals surface area contributed by atoms with E-state index < -0.39 is 53.4 Å². The molecule has 0 radical (unpaired) electrons. The molecule has 2 N–H and O–H groups in total. The molecule has 1 aliphatic heterocycles. The van der Waals surface area contributed by atoms with Crippen molar-refractivity contribution in [3.8, 4) is 5.75 Å². The lowest BCUT2D eigenvalue weighted by molar-refractivity contribution is -0.616. The third-order valence-electron chi connectivity index (χ3n) is 8.66. The molecule has 0 saturated carbocycles. The van der Waals surface area contributed by atoms with Crippen molar-refractivity contribution in [1.29, 1.82) is 0 Å². The third kappa shape index (κ3) is 7.75. The fraction of sp³-hybridized carbons (Fsp3) is 0.452. The van der Waals surface area contributed by atoms with Gasteiger partial charge in [0.2, 0.25) is 5.69 Å². The summed E-state index contributed by atoms with van der Waals surface area (Å²) < 4.78 is 44.7. The van der Waals surface area contributed by atoms with Crippen LogP contribution in [0.3, 0.4) is 0 Å². The lowest BCUT2D eigenvalue weighted by Gasteiger charge is -2.40. The third-order valence-corrected chi connectivity index (χ3v) is 14.1. The van der Waals surface area contributed by atoms with Crippen LogP contribution in [-0.4, -0.2) is 64.5 Å². The molecule has 1 fully saturated rings. The number of rotatable bonds is 12. The van der Waals surface area contributed by atoms with E-state index in [2.05, 4.69) is 54.1 Å². The zero-order valence-electron chi connectivity index (χ0n) is 27.9. The molecule has 3 aromatic heterocycles. The molecule has 0 aliphatic carbocycles. The van der Waals surface area contributed by atoms with Crippen LogP contribution in [0.1, 0.15) is 50.0 Å². The Bertz CT molecular complexity index is 1800. The zero-order chi connectivity index (χ0) is 34.9. The molecule has 17 heteroatoms. The summed E-state index contributed by atoms with van der Waals surface area (Å²) in [5, 5.41) is 14.8. The second kappa shape index (κ2) is 14.0. The summed E-state index contributed by atoms with van der Waals surface area (Å²) in [7, 11) is -5.28. The predicted octanol–water partition coefficient (Wildman–Crippen LogP) is 4.98. The quantitative estimate of drug-likeness (QED) is 0.0876. The van der Waals surface area contributed by atoms with E-state index in [1.54, 1.807) is 28.8 Å². The first-order valence-corrected chi connectivity index (χ1v) is 20.0. The molecular weight excluding hydrogens is 659 g/mol. The largest absolute Gasteiger partial charge is 0.618 e. The molecule has 0 bridgehead atoms. The Balaban J connectivity index is 1.38. The van der Waals surface area contributed by atoms with Gasteiger partial charge in [0.05, 0.1) is 25.6 Å². The lowest BCUT2D eigenvalue weighted by atomic mass is 10.1. The number of ether oxygens (including phenoxy) is 3. The number of carbonyl (C=O) groups is 1. The van der Waals surface area contributed by atoms with Gasteiger partial charge in [0.25, 0.3) is 5.91 Å². The fourth-order valence-corrected chi connectivity index (χ4v) is 6.98. The Hall–Kier alpha value is -3.76. The van der Waals surface area contributed by atoms with Gasteiger partial charge in [0.1, 0.15) is 18.7 Å². The molecule has 1 saturated heterocycles. The van der Waals surface area contributed by atoms with Crippen molar-refractivity contribution in [3.63, 3.8) is 0 Å². The highest BCUT2D eigenvalue weighted by Gasteiger charge is 2.50. The normalized spacial score (nSPS) is 21.2. The number of amides is 1. The molecule has 5 atom stereocenters. The van der Waals surface area contributed by atoms with Gasteiger partial charge in [0, 0.05) is 17.5 Å². The van der Waals surface area contributed by atoms with E-state index >= 15 is 0 Å². The number of anilines is 1. The summed E-state index contributed by atoms with van der Waals surface area (Å²) >= 11 is 0. The molecule has 1 aliphatic rings. The Kier molecular flexibility index (Phi) is 10.4. The number of carbonyl (C=O) groups excluding carboxylic acids is 1. The molecule has 15 nitrogen and oxygen atoms in total. The number of hydrogen-bond donors (Lipinski definition) is 2. The van der Waals surface area contributed by atoms with Crippen molar-refractivity contribution in [2.45, 2.75) is 71.1 Å². The van der Waals surface area contributed by atoms with Gasteiger partial charge in [-0.05, 0) is 30.3 Å². The molecule has 4 heterocycles. The van der Waals surface area contributed by atoms with E-state index in [1.165, 1.54) is 38.1 Å². The number of nitrogens with zero attached hydrogens (tertiary/aromatic N) is 5. The maximum atomic E-state index is 13.0. The first-order valence-electron chi connectivity index (χ1n) is 15.3. The van der Waals surface area contributed by atoms with Crippen molar-refractivity contribution in [2.75, 3.05) is 18.8 Å². The van der Waals surface area contributed by atoms with Gasteiger partial charge in [0.15, 0.2) is 50.4 Å². The van der Waals surface area contributed by atoms with Gasteiger partial charge >= 0.3 is 7.60 Å². The Labute approximate surface area is 279 Å². The summed E-state index contributed by atoms with van der Waals surface area (Å²) in [6, 6.07) is 11.6. The summed E-state index contributed by atoms with van der Waals surface area (Å²) in [6.45, 7) is 12.0. The van der Waals surface area contributed by atoms with Crippen LogP contribution in [0, 0.1) is 11.1 Å². The number of pyridine rings is 1. The van der Waals surface area contributed by atoms with E-state index in [1.807, 2.05) is 13.0 Å². The molecule has 48 heavy (non-hydrogen) atoms. The highest BCUT2D eigenvalue weighted by Crippen LogP contribution is 2.47. The molecular formula is C31H41N6O9PSi. The maximum Gasteiger partial charge on any atom is 0.354 e. The molecule has 1 aromatic carbocycles. The van der Waals surface area contributed by atoms with Crippen molar-refractivity contribution in [2.24, 2.45) is 5.92 Å². The van der Waals surface area contributed by atoms with Gasteiger partial charge in [-0.25, -0.2) is 15.0 Å². The van der Waals surface area contributed by atoms with Gasteiger partial charge in [-0.15, -0.1) is 0 Å². The number of imidazole rings is 1. The summed E-state index contributed by atoms with van der Waals surface area (Å²) in [5.41, 5.74) is 1.27. The first-order chi connectivity index (χ1) is 22.6. The summed E-state index contributed by atoms with van der Waals surface area (Å²) in [4.78, 5) is 36.7. The van der Waals surface area contributed by atoms with Crippen LogP contribution in [-0.2, 0) is 29.6 Å². The number of aromatic nitrogens is 5. The van der Waals surface area contributed by atoms with E-state index in [0.29, 0.717) is 27.2 Å². The predicted molar refractivity (Wildman–Crippen MR) is 177 cm³/mol. The average Bonchev–Trinajstić information content (AvgIpc) is 3.60. The molecule has 258 valence electrons. The van der Waals surface area contributed by atoms with Crippen LogP contribution in [0.15, 0.2) is 61.3 Å². The summed E-state index contributed by atoms with van der Waals surface area (Å²) in [6.07, 6.45) is 1.03. The second-order valence-electron chi connectivity index (χ2n) is 13.1. The molecule has 1 amide bonds. The topological polar surface area (TPSA) is 183 Å². The number of benzene rings is 1. The van der Waals surface area contributed by atoms with E-state index in [0.717, 1.165) is 0 Å². The number of fused-ring (bicyclic) bond motifs is 1. The average molecular weight is 701 g/mol. The van der Waals surface area contributed by atoms with Crippen LogP contribution in [0.4, 0.5) is 5.82 Å².